The normalized spacial score (nSPS) is 17.4. The van der Waals surface area contributed by atoms with Gasteiger partial charge in [0, 0.05) is 25.7 Å². The van der Waals surface area contributed by atoms with Crippen molar-refractivity contribution in [1.82, 2.24) is 15.5 Å². The van der Waals surface area contributed by atoms with Gasteiger partial charge in [-0.05, 0) is 46.0 Å². The Bertz CT molecular complexity index is 398. The molecule has 2 N–H and O–H groups in total. The van der Waals surface area contributed by atoms with Gasteiger partial charge < -0.3 is 15.5 Å². The van der Waals surface area contributed by atoms with Crippen molar-refractivity contribution >= 4 is 35.8 Å². The average Bonchev–Trinajstić information content (AvgIpc) is 2.79. The number of rotatable bonds is 5. The third-order valence-electron chi connectivity index (χ3n) is 4.01. The summed E-state index contributed by atoms with van der Waals surface area (Å²) in [5.41, 5.74) is 0.125. The van der Waals surface area contributed by atoms with Crippen LogP contribution in [0.1, 0.15) is 60.3 Å². The fraction of sp³-hybridized carbons (Fsp3) is 0.882. The van der Waals surface area contributed by atoms with Crippen molar-refractivity contribution in [2.75, 3.05) is 26.7 Å². The van der Waals surface area contributed by atoms with Crippen molar-refractivity contribution in [3.8, 4) is 0 Å². The van der Waals surface area contributed by atoms with E-state index in [4.69, 9.17) is 4.99 Å². The van der Waals surface area contributed by atoms with Gasteiger partial charge in [-0.25, -0.2) is 0 Å². The zero-order valence-corrected chi connectivity index (χ0v) is 18.0. The SMILES string of the molecule is CCNC(=NCC1(C)CCCC1)N(C)CC(=O)NC(C)(C)C.I. The summed E-state index contributed by atoms with van der Waals surface area (Å²) in [5.74, 6) is 0.840. The first kappa shape index (κ1) is 22.5. The molecule has 1 amide bonds. The van der Waals surface area contributed by atoms with E-state index in [2.05, 4.69) is 24.5 Å². The lowest BCUT2D eigenvalue weighted by molar-refractivity contribution is -0.122. The largest absolute Gasteiger partial charge is 0.357 e. The number of aliphatic imine (C=N–C) groups is 1. The smallest absolute Gasteiger partial charge is 0.240 e. The summed E-state index contributed by atoms with van der Waals surface area (Å²) < 4.78 is 0. The van der Waals surface area contributed by atoms with Crippen LogP contribution in [0, 0.1) is 5.41 Å². The van der Waals surface area contributed by atoms with Gasteiger partial charge in [-0.2, -0.15) is 0 Å². The van der Waals surface area contributed by atoms with Crippen LogP contribution in [-0.2, 0) is 4.79 Å². The zero-order valence-electron chi connectivity index (χ0n) is 15.7. The van der Waals surface area contributed by atoms with Crippen LogP contribution in [0.4, 0.5) is 0 Å². The number of carbonyl (C=O) groups excluding carboxylic acids is 1. The molecule has 0 aromatic rings. The third-order valence-corrected chi connectivity index (χ3v) is 4.01. The maximum absolute atomic E-state index is 12.1. The Morgan fingerprint density at radius 2 is 1.83 bits per heavy atom. The van der Waals surface area contributed by atoms with Crippen molar-refractivity contribution in [1.29, 1.82) is 0 Å². The topological polar surface area (TPSA) is 56.7 Å². The van der Waals surface area contributed by atoms with E-state index in [9.17, 15) is 4.79 Å². The lowest BCUT2D eigenvalue weighted by Gasteiger charge is -2.27. The fourth-order valence-corrected chi connectivity index (χ4v) is 2.87. The predicted molar refractivity (Wildman–Crippen MR) is 108 cm³/mol. The van der Waals surface area contributed by atoms with Crippen molar-refractivity contribution < 1.29 is 4.79 Å². The molecule has 1 fully saturated rings. The molecule has 0 saturated heterocycles. The molecule has 0 aromatic heterocycles. The van der Waals surface area contributed by atoms with Crippen molar-refractivity contribution in [3.63, 3.8) is 0 Å². The van der Waals surface area contributed by atoms with Crippen LogP contribution in [0.3, 0.4) is 0 Å². The highest BCUT2D eigenvalue weighted by molar-refractivity contribution is 14.0. The van der Waals surface area contributed by atoms with Crippen LogP contribution in [0.25, 0.3) is 0 Å². The molecule has 1 aliphatic carbocycles. The van der Waals surface area contributed by atoms with Gasteiger partial charge in [0.25, 0.3) is 0 Å². The molecule has 0 aromatic carbocycles. The first-order chi connectivity index (χ1) is 10.2. The molecule has 0 aliphatic heterocycles. The van der Waals surface area contributed by atoms with Crippen molar-refractivity contribution in [2.24, 2.45) is 10.4 Å². The Labute approximate surface area is 159 Å². The van der Waals surface area contributed by atoms with E-state index < -0.39 is 0 Å². The molecule has 0 radical (unpaired) electrons. The predicted octanol–water partition coefficient (Wildman–Crippen LogP) is 3.00. The second-order valence-electron chi connectivity index (χ2n) is 7.84. The van der Waals surface area contributed by atoms with Gasteiger partial charge in [0.15, 0.2) is 5.96 Å². The van der Waals surface area contributed by atoms with Crippen LogP contribution >= 0.6 is 24.0 Å². The van der Waals surface area contributed by atoms with Crippen molar-refractivity contribution in [2.45, 2.75) is 65.8 Å². The van der Waals surface area contributed by atoms with Gasteiger partial charge in [0.2, 0.25) is 5.91 Å². The van der Waals surface area contributed by atoms with Crippen LogP contribution in [0.2, 0.25) is 0 Å². The van der Waals surface area contributed by atoms with Gasteiger partial charge in [-0.15, -0.1) is 24.0 Å². The molecular weight excluding hydrogens is 403 g/mol. The summed E-state index contributed by atoms with van der Waals surface area (Å²) in [7, 11) is 1.92. The van der Waals surface area contributed by atoms with Crippen LogP contribution < -0.4 is 10.6 Å². The first-order valence-corrected chi connectivity index (χ1v) is 8.46. The van der Waals surface area contributed by atoms with Gasteiger partial charge in [0.1, 0.15) is 0 Å². The molecule has 0 unspecified atom stereocenters. The molecule has 1 rings (SSSR count). The summed E-state index contributed by atoms with van der Waals surface area (Å²) >= 11 is 0. The molecular formula is C17H35IN4O. The highest BCUT2D eigenvalue weighted by Gasteiger charge is 2.28. The van der Waals surface area contributed by atoms with E-state index in [1.165, 1.54) is 25.7 Å². The fourth-order valence-electron chi connectivity index (χ4n) is 2.87. The van der Waals surface area contributed by atoms with Crippen molar-refractivity contribution in [3.05, 3.63) is 0 Å². The molecule has 0 heterocycles. The average molecular weight is 438 g/mol. The number of likely N-dealkylation sites (N-methyl/N-ethyl adjacent to an activating group) is 1. The number of carbonyl (C=O) groups is 1. The second-order valence-corrected chi connectivity index (χ2v) is 7.84. The quantitative estimate of drug-likeness (QED) is 0.394. The molecule has 23 heavy (non-hydrogen) atoms. The lowest BCUT2D eigenvalue weighted by Crippen LogP contribution is -2.49. The monoisotopic (exact) mass is 438 g/mol. The lowest BCUT2D eigenvalue weighted by atomic mass is 9.89. The molecule has 0 atom stereocenters. The van der Waals surface area contributed by atoms with Gasteiger partial charge in [0.05, 0.1) is 6.54 Å². The van der Waals surface area contributed by atoms with E-state index in [1.54, 1.807) is 0 Å². The zero-order chi connectivity index (χ0) is 16.8. The van der Waals surface area contributed by atoms with Gasteiger partial charge in [-0.3, -0.25) is 9.79 Å². The summed E-state index contributed by atoms with van der Waals surface area (Å²) in [5, 5.41) is 6.28. The number of amides is 1. The molecule has 1 saturated carbocycles. The Morgan fingerprint density at radius 1 is 1.26 bits per heavy atom. The summed E-state index contributed by atoms with van der Waals surface area (Å²) in [4.78, 5) is 18.7. The van der Waals surface area contributed by atoms with Gasteiger partial charge >= 0.3 is 0 Å². The maximum atomic E-state index is 12.1. The van der Waals surface area contributed by atoms with Crippen LogP contribution in [0.15, 0.2) is 4.99 Å². The minimum atomic E-state index is -0.204. The maximum Gasteiger partial charge on any atom is 0.240 e. The molecule has 0 bridgehead atoms. The van der Waals surface area contributed by atoms with Crippen LogP contribution in [0.5, 0.6) is 0 Å². The summed E-state index contributed by atoms with van der Waals surface area (Å²) in [6.45, 7) is 12.3. The molecule has 1 aliphatic rings. The Hall–Kier alpha value is -0.530. The molecule has 6 heteroatoms. The highest BCUT2D eigenvalue weighted by Crippen LogP contribution is 2.37. The third kappa shape index (κ3) is 8.77. The van der Waals surface area contributed by atoms with E-state index in [-0.39, 0.29) is 35.4 Å². The number of guanidine groups is 1. The number of halogens is 1. The van der Waals surface area contributed by atoms with Crippen LogP contribution in [-0.4, -0.2) is 49.0 Å². The van der Waals surface area contributed by atoms with Gasteiger partial charge in [-0.1, -0.05) is 19.8 Å². The molecule has 5 nitrogen and oxygen atoms in total. The standard InChI is InChI=1S/C17H34N4O.HI/c1-7-18-15(19-13-17(5)10-8-9-11-17)21(6)12-14(22)20-16(2,3)4;/h7-13H2,1-6H3,(H,18,19)(H,20,22);1H. The summed E-state index contributed by atoms with van der Waals surface area (Å²) in [6.07, 6.45) is 5.13. The van der Waals surface area contributed by atoms with E-state index in [0.29, 0.717) is 12.0 Å². The summed E-state index contributed by atoms with van der Waals surface area (Å²) in [6, 6.07) is 0. The highest BCUT2D eigenvalue weighted by atomic mass is 127. The number of nitrogens with one attached hydrogen (secondary N) is 2. The second kappa shape index (κ2) is 9.69. The van der Waals surface area contributed by atoms with E-state index in [1.807, 2.05) is 32.7 Å². The first-order valence-electron chi connectivity index (χ1n) is 8.46. The van der Waals surface area contributed by atoms with E-state index in [0.717, 1.165) is 19.0 Å². The Balaban J connectivity index is 0.00000484. The minimum absolute atomic E-state index is 0. The minimum Gasteiger partial charge on any atom is -0.357 e. The Kier molecular flexibility index (Phi) is 9.47. The Morgan fingerprint density at radius 3 is 2.30 bits per heavy atom. The number of hydrogen-bond acceptors (Lipinski definition) is 2. The number of hydrogen-bond donors (Lipinski definition) is 2. The molecule has 0 spiro atoms. The van der Waals surface area contributed by atoms with E-state index >= 15 is 0 Å². The number of nitrogens with zero attached hydrogens (tertiary/aromatic N) is 2. The molecule has 136 valence electrons.